The van der Waals surface area contributed by atoms with Gasteiger partial charge in [-0.25, -0.2) is 0 Å². The molecular weight excluding hydrogens is 336 g/mol. The summed E-state index contributed by atoms with van der Waals surface area (Å²) >= 11 is 0. The molecule has 0 aliphatic heterocycles. The molecule has 0 N–H and O–H groups in total. The van der Waals surface area contributed by atoms with E-state index in [2.05, 4.69) is 4.99 Å². The number of methoxy groups -OCH3 is 2. The molecule has 0 aliphatic rings. The van der Waals surface area contributed by atoms with E-state index < -0.39 is 4.92 Å². The molecule has 0 heterocycles. The molecule has 7 nitrogen and oxygen atoms in total. The number of carbonyl (C=O) groups is 1. The predicted molar refractivity (Wildman–Crippen MR) is 98.6 cm³/mol. The van der Waals surface area contributed by atoms with Crippen LogP contribution in [0.5, 0.6) is 11.5 Å². The Hall–Kier alpha value is -3.22. The van der Waals surface area contributed by atoms with Crippen molar-refractivity contribution >= 4 is 17.2 Å². The lowest BCUT2D eigenvalue weighted by Crippen LogP contribution is -2.19. The first-order chi connectivity index (χ1) is 12.4. The normalized spacial score (nSPS) is 11.3. The number of Topliss-reactive ketones (excluding diaryl/α,β-unsaturated/α-hetero) is 1. The highest BCUT2D eigenvalue weighted by molar-refractivity contribution is 6.52. The van der Waals surface area contributed by atoms with E-state index in [0.717, 1.165) is 0 Å². The van der Waals surface area contributed by atoms with Crippen molar-refractivity contribution in [1.82, 2.24) is 0 Å². The van der Waals surface area contributed by atoms with Gasteiger partial charge in [0, 0.05) is 23.7 Å². The molecule has 26 heavy (non-hydrogen) atoms. The number of ketones is 1. The van der Waals surface area contributed by atoms with E-state index >= 15 is 0 Å². The van der Waals surface area contributed by atoms with Crippen LogP contribution in [0, 0.1) is 10.1 Å². The predicted octanol–water partition coefficient (Wildman–Crippen LogP) is 3.69. The van der Waals surface area contributed by atoms with Crippen LogP contribution >= 0.6 is 0 Å². The Bertz CT molecular complexity index is 842. The molecule has 2 aromatic rings. The zero-order valence-electron chi connectivity index (χ0n) is 15.1. The van der Waals surface area contributed by atoms with Gasteiger partial charge in [0.2, 0.25) is 5.78 Å². The number of nitro groups is 1. The maximum Gasteiger partial charge on any atom is 0.269 e. The highest BCUT2D eigenvalue weighted by Gasteiger charge is 2.22. The minimum absolute atomic E-state index is 0.0518. The third-order valence-corrected chi connectivity index (χ3v) is 3.61. The molecule has 0 unspecified atom stereocenters. The van der Waals surface area contributed by atoms with Gasteiger partial charge >= 0.3 is 0 Å². The number of hydrogen-bond acceptors (Lipinski definition) is 6. The molecule has 0 aromatic heterocycles. The van der Waals surface area contributed by atoms with E-state index in [4.69, 9.17) is 9.47 Å². The van der Waals surface area contributed by atoms with Gasteiger partial charge in [-0.2, -0.15) is 0 Å². The summed E-state index contributed by atoms with van der Waals surface area (Å²) in [5.41, 5.74) is 0.967. The Balaban J connectivity index is 2.54. The monoisotopic (exact) mass is 356 g/mol. The van der Waals surface area contributed by atoms with E-state index in [0.29, 0.717) is 22.6 Å². The summed E-state index contributed by atoms with van der Waals surface area (Å²) in [4.78, 5) is 27.9. The fraction of sp³-hybridized carbons (Fsp3) is 0.263. The summed E-state index contributed by atoms with van der Waals surface area (Å²) in [5.74, 6) is 0.569. The summed E-state index contributed by atoms with van der Waals surface area (Å²) in [6, 6.07) is 10.5. The average molecular weight is 356 g/mol. The summed E-state index contributed by atoms with van der Waals surface area (Å²) in [6.45, 7) is 3.70. The molecule has 0 bridgehead atoms. The van der Waals surface area contributed by atoms with Crippen LogP contribution in [0.25, 0.3) is 0 Å². The SMILES string of the molecule is COc1ccc(OC)c(C(=O)C(=NC(C)C)c2ccc([N+](=O)[O-])cc2)c1. The summed E-state index contributed by atoms with van der Waals surface area (Å²) in [5, 5.41) is 10.8. The highest BCUT2D eigenvalue weighted by Crippen LogP contribution is 2.26. The number of ether oxygens (including phenoxy) is 2. The lowest BCUT2D eigenvalue weighted by atomic mass is 9.99. The molecule has 2 rings (SSSR count). The summed E-state index contributed by atoms with van der Waals surface area (Å²) in [7, 11) is 2.99. The first kappa shape index (κ1) is 19.1. The van der Waals surface area contributed by atoms with Crippen molar-refractivity contribution in [3.8, 4) is 11.5 Å². The molecule has 0 atom stereocenters. The van der Waals surface area contributed by atoms with Crippen LogP contribution in [0.2, 0.25) is 0 Å². The van der Waals surface area contributed by atoms with Crippen LogP contribution in [0.4, 0.5) is 5.69 Å². The summed E-state index contributed by atoms with van der Waals surface area (Å²) in [6.07, 6.45) is 0. The number of carbonyl (C=O) groups excluding carboxylic acids is 1. The van der Waals surface area contributed by atoms with Crippen LogP contribution in [-0.2, 0) is 0 Å². The lowest BCUT2D eigenvalue weighted by molar-refractivity contribution is -0.384. The van der Waals surface area contributed by atoms with Crippen LogP contribution in [0.15, 0.2) is 47.5 Å². The van der Waals surface area contributed by atoms with Gasteiger partial charge in [0.15, 0.2) is 0 Å². The van der Waals surface area contributed by atoms with Crippen LogP contribution in [0.1, 0.15) is 29.8 Å². The fourth-order valence-electron chi connectivity index (χ4n) is 2.38. The Morgan fingerprint density at radius 1 is 1.08 bits per heavy atom. The van der Waals surface area contributed by atoms with Gasteiger partial charge < -0.3 is 9.47 Å². The van der Waals surface area contributed by atoms with Crippen molar-refractivity contribution in [2.45, 2.75) is 19.9 Å². The van der Waals surface area contributed by atoms with Crippen molar-refractivity contribution in [2.24, 2.45) is 4.99 Å². The molecule has 0 saturated heterocycles. The quantitative estimate of drug-likeness (QED) is 0.326. The van der Waals surface area contributed by atoms with Gasteiger partial charge in [-0.05, 0) is 44.2 Å². The number of benzene rings is 2. The standard InChI is InChI=1S/C19H20N2O5/c1-12(2)20-18(13-5-7-14(8-6-13)21(23)24)19(22)16-11-15(25-3)9-10-17(16)26-4/h5-12H,1-4H3. The second-order valence-electron chi connectivity index (χ2n) is 5.77. The van der Waals surface area contributed by atoms with E-state index in [1.165, 1.54) is 38.5 Å². The minimum atomic E-state index is -0.490. The zero-order valence-corrected chi connectivity index (χ0v) is 15.1. The lowest BCUT2D eigenvalue weighted by Gasteiger charge is -2.12. The fourth-order valence-corrected chi connectivity index (χ4v) is 2.38. The van der Waals surface area contributed by atoms with E-state index in [1.807, 2.05) is 13.8 Å². The third kappa shape index (κ3) is 4.24. The minimum Gasteiger partial charge on any atom is -0.497 e. The van der Waals surface area contributed by atoms with E-state index in [1.54, 1.807) is 18.2 Å². The number of non-ortho nitro benzene ring substituents is 1. The Morgan fingerprint density at radius 3 is 2.23 bits per heavy atom. The molecule has 0 fully saturated rings. The number of nitro benzene ring substituents is 1. The number of hydrogen-bond donors (Lipinski definition) is 0. The molecule has 0 saturated carbocycles. The molecule has 136 valence electrons. The van der Waals surface area contributed by atoms with Crippen LogP contribution in [0.3, 0.4) is 0 Å². The van der Waals surface area contributed by atoms with Crippen LogP contribution < -0.4 is 9.47 Å². The maximum absolute atomic E-state index is 13.1. The topological polar surface area (TPSA) is 91.0 Å². The van der Waals surface area contributed by atoms with Crippen molar-refractivity contribution in [2.75, 3.05) is 14.2 Å². The number of aliphatic imine (C=N–C) groups is 1. The Kier molecular flexibility index (Phi) is 6.06. The molecule has 0 amide bonds. The van der Waals surface area contributed by atoms with E-state index in [9.17, 15) is 14.9 Å². The summed E-state index contributed by atoms with van der Waals surface area (Å²) < 4.78 is 10.5. The second kappa shape index (κ2) is 8.24. The van der Waals surface area contributed by atoms with Gasteiger partial charge in [0.1, 0.15) is 17.2 Å². The van der Waals surface area contributed by atoms with Crippen LogP contribution in [-0.4, -0.2) is 36.7 Å². The number of nitrogens with zero attached hydrogens (tertiary/aromatic N) is 2. The van der Waals surface area contributed by atoms with Crippen molar-refractivity contribution in [3.63, 3.8) is 0 Å². The molecule has 0 spiro atoms. The maximum atomic E-state index is 13.1. The van der Waals surface area contributed by atoms with Crippen molar-refractivity contribution < 1.29 is 19.2 Å². The van der Waals surface area contributed by atoms with Crippen molar-refractivity contribution in [3.05, 3.63) is 63.7 Å². The smallest absolute Gasteiger partial charge is 0.269 e. The van der Waals surface area contributed by atoms with Gasteiger partial charge in [-0.3, -0.25) is 19.9 Å². The number of rotatable bonds is 7. The highest BCUT2D eigenvalue weighted by atomic mass is 16.6. The first-order valence-corrected chi connectivity index (χ1v) is 7.96. The Labute approximate surface area is 151 Å². The second-order valence-corrected chi connectivity index (χ2v) is 5.77. The van der Waals surface area contributed by atoms with Gasteiger partial charge in [0.05, 0.1) is 24.7 Å². The van der Waals surface area contributed by atoms with E-state index in [-0.39, 0.29) is 23.2 Å². The average Bonchev–Trinajstić information content (AvgIpc) is 2.64. The molecule has 0 aliphatic carbocycles. The molecule has 7 heteroatoms. The molecule has 0 radical (unpaired) electrons. The van der Waals surface area contributed by atoms with Gasteiger partial charge in [-0.1, -0.05) is 0 Å². The van der Waals surface area contributed by atoms with Crippen molar-refractivity contribution in [1.29, 1.82) is 0 Å². The molecule has 2 aromatic carbocycles. The van der Waals surface area contributed by atoms with Gasteiger partial charge in [0.25, 0.3) is 5.69 Å². The third-order valence-electron chi connectivity index (χ3n) is 3.61. The zero-order chi connectivity index (χ0) is 19.3. The molecular formula is C19H20N2O5. The first-order valence-electron chi connectivity index (χ1n) is 7.96. The van der Waals surface area contributed by atoms with Gasteiger partial charge in [-0.15, -0.1) is 0 Å². The Morgan fingerprint density at radius 2 is 1.73 bits per heavy atom. The largest absolute Gasteiger partial charge is 0.497 e.